The van der Waals surface area contributed by atoms with E-state index in [1.54, 1.807) is 19.4 Å². The van der Waals surface area contributed by atoms with Crippen molar-refractivity contribution in [1.29, 1.82) is 0 Å². The van der Waals surface area contributed by atoms with E-state index in [4.69, 9.17) is 9.47 Å². The Hall–Kier alpha value is -2.85. The smallest absolute Gasteiger partial charge is 0.250 e. The lowest BCUT2D eigenvalue weighted by Crippen LogP contribution is -2.19. The molecule has 1 N–H and O–H groups in total. The Kier molecular flexibility index (Phi) is 8.69. The van der Waals surface area contributed by atoms with Crippen LogP contribution in [-0.2, 0) is 11.8 Å². The first kappa shape index (κ1) is 23.8. The summed E-state index contributed by atoms with van der Waals surface area (Å²) in [5.41, 5.74) is 4.25. The number of methoxy groups -OCH3 is 1. The van der Waals surface area contributed by atoms with Gasteiger partial charge in [-0.2, -0.15) is 5.10 Å². The van der Waals surface area contributed by atoms with Gasteiger partial charge in [-0.3, -0.25) is 4.79 Å². The highest BCUT2D eigenvalue weighted by molar-refractivity contribution is 9.10. The van der Waals surface area contributed by atoms with E-state index in [9.17, 15) is 4.79 Å². The van der Waals surface area contributed by atoms with Crippen LogP contribution in [0.15, 0.2) is 57.2 Å². The summed E-state index contributed by atoms with van der Waals surface area (Å²) in [6.45, 7) is 2.66. The summed E-state index contributed by atoms with van der Waals surface area (Å²) in [7, 11) is 3.46. The van der Waals surface area contributed by atoms with E-state index in [2.05, 4.69) is 36.7 Å². The second-order valence-electron chi connectivity index (χ2n) is 6.72. The van der Waals surface area contributed by atoms with Gasteiger partial charge in [0, 0.05) is 17.1 Å². The topological polar surface area (TPSA) is 90.6 Å². The Morgan fingerprint density at radius 3 is 2.84 bits per heavy atom. The van der Waals surface area contributed by atoms with Gasteiger partial charge in [-0.15, -0.1) is 10.2 Å². The molecule has 0 unspecified atom stereocenters. The lowest BCUT2D eigenvalue weighted by molar-refractivity contribution is -0.118. The van der Waals surface area contributed by atoms with E-state index in [-0.39, 0.29) is 11.7 Å². The molecule has 0 bridgehead atoms. The Morgan fingerprint density at radius 1 is 1.25 bits per heavy atom. The summed E-state index contributed by atoms with van der Waals surface area (Å²) < 4.78 is 13.8. The van der Waals surface area contributed by atoms with Gasteiger partial charge in [0.25, 0.3) is 5.91 Å². The number of nitrogens with one attached hydrogen (secondary N) is 1. The molecule has 3 rings (SSSR count). The van der Waals surface area contributed by atoms with Crippen molar-refractivity contribution in [2.45, 2.75) is 18.5 Å². The van der Waals surface area contributed by atoms with Crippen LogP contribution in [0.5, 0.6) is 11.5 Å². The molecule has 0 atom stereocenters. The van der Waals surface area contributed by atoms with Crippen molar-refractivity contribution in [2.75, 3.05) is 19.5 Å². The first-order valence-electron chi connectivity index (χ1n) is 9.92. The second-order valence-corrected chi connectivity index (χ2v) is 8.57. The molecule has 1 amide bonds. The van der Waals surface area contributed by atoms with Crippen molar-refractivity contribution in [2.24, 2.45) is 12.1 Å². The zero-order valence-corrected chi connectivity index (χ0v) is 20.4. The number of hydrogen-bond donors (Lipinski definition) is 1. The maximum absolute atomic E-state index is 12.2. The maximum atomic E-state index is 12.2. The molecule has 1 aromatic heterocycles. The normalized spacial score (nSPS) is 11.0. The molecule has 2 aromatic carbocycles. The molecule has 10 heteroatoms. The number of carbonyl (C=O) groups excluding carboxylic acids is 1. The Bertz CT molecular complexity index is 1100. The van der Waals surface area contributed by atoms with Crippen LogP contribution in [0.2, 0.25) is 0 Å². The van der Waals surface area contributed by atoms with Crippen LogP contribution in [0.4, 0.5) is 0 Å². The van der Waals surface area contributed by atoms with E-state index in [0.29, 0.717) is 23.3 Å². The second kappa shape index (κ2) is 11.7. The van der Waals surface area contributed by atoms with Gasteiger partial charge in [-0.25, -0.2) is 5.43 Å². The van der Waals surface area contributed by atoms with Crippen molar-refractivity contribution < 1.29 is 14.3 Å². The molecule has 0 spiro atoms. The SMILES string of the molecule is CCCOc1ccc(/C=N\NC(=O)CSc2nnc(-c3cccc(Br)c3)n2C)cc1OC. The minimum absolute atomic E-state index is 0.162. The van der Waals surface area contributed by atoms with Gasteiger partial charge in [-0.05, 0) is 42.3 Å². The third-order valence-electron chi connectivity index (χ3n) is 4.30. The number of rotatable bonds is 10. The van der Waals surface area contributed by atoms with Crippen LogP contribution in [0.25, 0.3) is 11.4 Å². The number of nitrogens with zero attached hydrogens (tertiary/aromatic N) is 4. The average molecular weight is 518 g/mol. The van der Waals surface area contributed by atoms with E-state index in [1.807, 2.05) is 54.9 Å². The van der Waals surface area contributed by atoms with Crippen LogP contribution >= 0.6 is 27.7 Å². The molecule has 0 saturated carbocycles. The summed E-state index contributed by atoms with van der Waals surface area (Å²) in [4.78, 5) is 12.2. The molecule has 0 aliphatic carbocycles. The van der Waals surface area contributed by atoms with Crippen LogP contribution in [0, 0.1) is 0 Å². The van der Waals surface area contributed by atoms with E-state index < -0.39 is 0 Å². The Labute approximate surface area is 199 Å². The van der Waals surface area contributed by atoms with Gasteiger partial charge in [-0.1, -0.05) is 46.7 Å². The van der Waals surface area contributed by atoms with Crippen molar-refractivity contribution in [3.05, 3.63) is 52.5 Å². The van der Waals surface area contributed by atoms with Gasteiger partial charge in [0.2, 0.25) is 0 Å². The maximum Gasteiger partial charge on any atom is 0.250 e. The monoisotopic (exact) mass is 517 g/mol. The summed E-state index contributed by atoms with van der Waals surface area (Å²) in [5, 5.41) is 13.1. The molecule has 32 heavy (non-hydrogen) atoms. The summed E-state index contributed by atoms with van der Waals surface area (Å²) in [6, 6.07) is 13.3. The summed E-state index contributed by atoms with van der Waals surface area (Å²) >= 11 is 4.75. The molecular formula is C22H24BrN5O3S. The fraction of sp³-hybridized carbons (Fsp3) is 0.273. The van der Waals surface area contributed by atoms with E-state index in [1.165, 1.54) is 11.8 Å². The molecular weight excluding hydrogens is 494 g/mol. The van der Waals surface area contributed by atoms with Crippen molar-refractivity contribution in [1.82, 2.24) is 20.2 Å². The number of hydrogen-bond acceptors (Lipinski definition) is 7. The molecule has 0 fully saturated rings. The van der Waals surface area contributed by atoms with Gasteiger partial charge < -0.3 is 14.0 Å². The van der Waals surface area contributed by atoms with E-state index in [0.717, 1.165) is 27.8 Å². The predicted molar refractivity (Wildman–Crippen MR) is 129 cm³/mol. The molecule has 168 valence electrons. The molecule has 0 radical (unpaired) electrons. The highest BCUT2D eigenvalue weighted by Gasteiger charge is 2.13. The van der Waals surface area contributed by atoms with Crippen LogP contribution in [-0.4, -0.2) is 46.4 Å². The lowest BCUT2D eigenvalue weighted by Gasteiger charge is -2.10. The van der Waals surface area contributed by atoms with Crippen molar-refractivity contribution in [3.8, 4) is 22.9 Å². The Morgan fingerprint density at radius 2 is 2.09 bits per heavy atom. The highest BCUT2D eigenvalue weighted by Crippen LogP contribution is 2.28. The van der Waals surface area contributed by atoms with Crippen LogP contribution < -0.4 is 14.9 Å². The third-order valence-corrected chi connectivity index (χ3v) is 5.82. The van der Waals surface area contributed by atoms with Gasteiger partial charge in [0.1, 0.15) is 0 Å². The molecule has 8 nitrogen and oxygen atoms in total. The first-order valence-corrected chi connectivity index (χ1v) is 11.7. The molecule has 3 aromatic rings. The minimum Gasteiger partial charge on any atom is -0.493 e. The summed E-state index contributed by atoms with van der Waals surface area (Å²) in [5.74, 6) is 1.95. The molecule has 0 aliphatic heterocycles. The minimum atomic E-state index is -0.242. The fourth-order valence-electron chi connectivity index (χ4n) is 2.76. The number of ether oxygens (including phenoxy) is 2. The zero-order valence-electron chi connectivity index (χ0n) is 18.0. The van der Waals surface area contributed by atoms with Crippen LogP contribution in [0.3, 0.4) is 0 Å². The molecule has 0 saturated heterocycles. The van der Waals surface area contributed by atoms with Gasteiger partial charge >= 0.3 is 0 Å². The van der Waals surface area contributed by atoms with Crippen LogP contribution in [0.1, 0.15) is 18.9 Å². The number of benzene rings is 2. The largest absolute Gasteiger partial charge is 0.493 e. The van der Waals surface area contributed by atoms with Gasteiger partial charge in [0.15, 0.2) is 22.5 Å². The van der Waals surface area contributed by atoms with Gasteiger partial charge in [0.05, 0.1) is 25.7 Å². The third kappa shape index (κ3) is 6.33. The van der Waals surface area contributed by atoms with Crippen molar-refractivity contribution >= 4 is 39.8 Å². The number of carbonyl (C=O) groups is 1. The fourth-order valence-corrected chi connectivity index (χ4v) is 3.86. The van der Waals surface area contributed by atoms with Crippen molar-refractivity contribution in [3.63, 3.8) is 0 Å². The summed E-state index contributed by atoms with van der Waals surface area (Å²) in [6.07, 6.45) is 2.47. The zero-order chi connectivity index (χ0) is 22.9. The first-order chi connectivity index (χ1) is 15.5. The molecule has 0 aliphatic rings. The number of hydrazone groups is 1. The standard InChI is InChI=1S/C22H24BrN5O3S/c1-4-10-31-18-9-8-15(11-19(18)30-3)13-24-25-20(29)14-32-22-27-26-21(28(22)2)16-6-5-7-17(23)12-16/h5-9,11-13H,4,10,14H2,1-3H3,(H,25,29)/b24-13-. The molecule has 1 heterocycles. The number of aromatic nitrogens is 3. The lowest BCUT2D eigenvalue weighted by atomic mass is 10.2. The quantitative estimate of drug-likeness (QED) is 0.245. The predicted octanol–water partition coefficient (Wildman–Crippen LogP) is 4.28. The Balaban J connectivity index is 1.54. The van der Waals surface area contributed by atoms with E-state index >= 15 is 0 Å². The highest BCUT2D eigenvalue weighted by atomic mass is 79.9. The number of amides is 1. The number of thioether (sulfide) groups is 1. The number of halogens is 1. The average Bonchev–Trinajstić information content (AvgIpc) is 3.16.